The van der Waals surface area contributed by atoms with Crippen LogP contribution < -0.4 is 4.74 Å². The van der Waals surface area contributed by atoms with Gasteiger partial charge < -0.3 is 4.74 Å². The number of aryl methyl sites for hydroxylation is 1. The smallest absolute Gasteiger partial charge is 0.126 e. The molecule has 0 radical (unpaired) electrons. The summed E-state index contributed by atoms with van der Waals surface area (Å²) in [5.74, 6) is 3.02. The van der Waals surface area contributed by atoms with E-state index >= 15 is 0 Å². The average molecular weight is 261 g/mol. The Kier molecular flexibility index (Phi) is 4.84. The number of ether oxygens (including phenoxy) is 1. The molecule has 0 saturated heterocycles. The minimum absolute atomic E-state index is 0.591. The second kappa shape index (κ2) is 6.40. The quantitative estimate of drug-likeness (QED) is 0.774. The third-order valence-corrected chi connectivity index (χ3v) is 3.97. The Morgan fingerprint density at radius 2 is 2.16 bits per heavy atom. The van der Waals surface area contributed by atoms with E-state index in [1.54, 1.807) is 0 Å². The number of aromatic nitrogens is 1. The van der Waals surface area contributed by atoms with Crippen molar-refractivity contribution in [3.05, 3.63) is 23.5 Å². The monoisotopic (exact) mass is 261 g/mol. The first-order valence-corrected chi connectivity index (χ1v) is 7.68. The lowest BCUT2D eigenvalue weighted by Crippen LogP contribution is -2.15. The molecule has 2 heteroatoms. The molecule has 19 heavy (non-hydrogen) atoms. The van der Waals surface area contributed by atoms with E-state index in [9.17, 15) is 0 Å². The maximum absolute atomic E-state index is 6.10. The van der Waals surface area contributed by atoms with Gasteiger partial charge in [0, 0.05) is 17.5 Å². The molecule has 0 amide bonds. The number of fused-ring (bicyclic) bond motifs is 1. The highest BCUT2D eigenvalue weighted by atomic mass is 16.5. The topological polar surface area (TPSA) is 22.1 Å². The number of hydrogen-bond acceptors (Lipinski definition) is 2. The lowest BCUT2D eigenvalue weighted by atomic mass is 9.86. The second-order valence-corrected chi connectivity index (χ2v) is 6.51. The predicted octanol–water partition coefficient (Wildman–Crippen LogP) is 4.58. The van der Waals surface area contributed by atoms with E-state index in [2.05, 4.69) is 32.7 Å². The van der Waals surface area contributed by atoms with Crippen molar-refractivity contribution < 1.29 is 4.74 Å². The number of pyridine rings is 1. The molecule has 0 fully saturated rings. The first kappa shape index (κ1) is 14.4. The molecule has 0 aromatic carbocycles. The van der Waals surface area contributed by atoms with E-state index in [-0.39, 0.29) is 0 Å². The Balaban J connectivity index is 2.04. The van der Waals surface area contributed by atoms with Crippen LogP contribution in [0.15, 0.2) is 12.3 Å². The van der Waals surface area contributed by atoms with Gasteiger partial charge in [0.25, 0.3) is 0 Å². The van der Waals surface area contributed by atoms with Crippen molar-refractivity contribution in [2.75, 3.05) is 6.61 Å². The summed E-state index contributed by atoms with van der Waals surface area (Å²) in [7, 11) is 0. The maximum Gasteiger partial charge on any atom is 0.126 e. The van der Waals surface area contributed by atoms with Crippen LogP contribution in [0.1, 0.15) is 64.1 Å². The molecule has 1 unspecified atom stereocenters. The molecule has 2 atom stereocenters. The van der Waals surface area contributed by atoms with Crippen LogP contribution in [0, 0.1) is 11.8 Å². The van der Waals surface area contributed by atoms with Gasteiger partial charge in [-0.1, -0.05) is 27.7 Å². The highest BCUT2D eigenvalue weighted by Crippen LogP contribution is 2.36. The summed E-state index contributed by atoms with van der Waals surface area (Å²) in [6, 6.07) is 2.04. The Morgan fingerprint density at radius 1 is 1.37 bits per heavy atom. The summed E-state index contributed by atoms with van der Waals surface area (Å²) in [6.07, 6.45) is 6.76. The van der Waals surface area contributed by atoms with Crippen molar-refractivity contribution in [1.29, 1.82) is 0 Å². The van der Waals surface area contributed by atoms with E-state index in [0.29, 0.717) is 11.8 Å². The Morgan fingerprint density at radius 3 is 2.89 bits per heavy atom. The Bertz CT molecular complexity index is 414. The summed E-state index contributed by atoms with van der Waals surface area (Å²) in [6.45, 7) is 9.93. The molecule has 1 aromatic rings. The molecular formula is C17H27NO. The molecule has 1 aromatic heterocycles. The summed E-state index contributed by atoms with van der Waals surface area (Å²) >= 11 is 0. The fraction of sp³-hybridized carbons (Fsp3) is 0.706. The first-order chi connectivity index (χ1) is 9.08. The zero-order valence-electron chi connectivity index (χ0n) is 12.8. The average Bonchev–Trinajstić information content (AvgIpc) is 2.35. The molecule has 2 rings (SSSR count). The van der Waals surface area contributed by atoms with Crippen molar-refractivity contribution in [2.45, 2.75) is 59.3 Å². The van der Waals surface area contributed by atoms with Crippen molar-refractivity contribution in [1.82, 2.24) is 4.98 Å². The van der Waals surface area contributed by atoms with Crippen LogP contribution in [0.4, 0.5) is 0 Å². The fourth-order valence-electron chi connectivity index (χ4n) is 3.17. The van der Waals surface area contributed by atoms with Gasteiger partial charge >= 0.3 is 0 Å². The predicted molar refractivity (Wildman–Crippen MR) is 79.7 cm³/mol. The van der Waals surface area contributed by atoms with Gasteiger partial charge in [-0.25, -0.2) is 0 Å². The van der Waals surface area contributed by atoms with Gasteiger partial charge in [0.2, 0.25) is 0 Å². The molecule has 0 aliphatic heterocycles. The SMILES string of the molecule is CC(C)C[C@@H](C)COc1ccnc2c1C(C)CCC2. The molecular weight excluding hydrogens is 234 g/mol. The third kappa shape index (κ3) is 3.71. The minimum atomic E-state index is 0.591. The van der Waals surface area contributed by atoms with E-state index in [1.807, 2.05) is 12.3 Å². The standard InChI is InChI=1S/C17H27NO/c1-12(2)10-13(3)11-19-16-8-9-18-15-7-5-6-14(4)17(15)16/h8-9,12-14H,5-7,10-11H2,1-4H3/t13-,14?/m1/s1. The molecule has 1 aliphatic carbocycles. The summed E-state index contributed by atoms with van der Waals surface area (Å²) in [5, 5.41) is 0. The maximum atomic E-state index is 6.10. The third-order valence-electron chi connectivity index (χ3n) is 3.97. The van der Waals surface area contributed by atoms with Crippen molar-refractivity contribution in [3.8, 4) is 5.75 Å². The molecule has 0 bridgehead atoms. The van der Waals surface area contributed by atoms with Gasteiger partial charge in [0.05, 0.1) is 6.61 Å². The van der Waals surface area contributed by atoms with Crippen LogP contribution in [-0.2, 0) is 6.42 Å². The minimum Gasteiger partial charge on any atom is -0.493 e. The summed E-state index contributed by atoms with van der Waals surface area (Å²) < 4.78 is 6.10. The zero-order valence-corrected chi connectivity index (χ0v) is 12.8. The Labute approximate surface area is 117 Å². The highest BCUT2D eigenvalue weighted by molar-refractivity contribution is 5.40. The lowest BCUT2D eigenvalue weighted by molar-refractivity contribution is 0.235. The highest BCUT2D eigenvalue weighted by Gasteiger charge is 2.22. The molecule has 0 saturated carbocycles. The van der Waals surface area contributed by atoms with Gasteiger partial charge in [-0.2, -0.15) is 0 Å². The first-order valence-electron chi connectivity index (χ1n) is 7.68. The van der Waals surface area contributed by atoms with Gasteiger partial charge in [-0.3, -0.25) is 4.98 Å². The van der Waals surface area contributed by atoms with Crippen LogP contribution in [-0.4, -0.2) is 11.6 Å². The van der Waals surface area contributed by atoms with Crippen molar-refractivity contribution >= 4 is 0 Å². The van der Waals surface area contributed by atoms with E-state index in [0.717, 1.165) is 24.7 Å². The number of nitrogens with zero attached hydrogens (tertiary/aromatic N) is 1. The second-order valence-electron chi connectivity index (χ2n) is 6.51. The van der Waals surface area contributed by atoms with Crippen molar-refractivity contribution in [3.63, 3.8) is 0 Å². The largest absolute Gasteiger partial charge is 0.493 e. The fourth-order valence-corrected chi connectivity index (χ4v) is 3.17. The van der Waals surface area contributed by atoms with Crippen LogP contribution in [0.25, 0.3) is 0 Å². The molecule has 106 valence electrons. The normalized spacial score (nSPS) is 20.2. The molecule has 0 N–H and O–H groups in total. The van der Waals surface area contributed by atoms with Crippen LogP contribution >= 0.6 is 0 Å². The molecule has 1 aliphatic rings. The summed E-state index contributed by atoms with van der Waals surface area (Å²) in [4.78, 5) is 4.53. The number of rotatable bonds is 5. The molecule has 0 spiro atoms. The zero-order chi connectivity index (χ0) is 13.8. The number of hydrogen-bond donors (Lipinski definition) is 0. The van der Waals surface area contributed by atoms with Crippen LogP contribution in [0.3, 0.4) is 0 Å². The van der Waals surface area contributed by atoms with Gasteiger partial charge in [-0.05, 0) is 49.5 Å². The van der Waals surface area contributed by atoms with E-state index in [1.165, 1.54) is 30.5 Å². The Hall–Kier alpha value is -1.05. The van der Waals surface area contributed by atoms with Crippen LogP contribution in [0.2, 0.25) is 0 Å². The lowest BCUT2D eigenvalue weighted by Gasteiger charge is -2.25. The van der Waals surface area contributed by atoms with Crippen molar-refractivity contribution in [2.24, 2.45) is 11.8 Å². The van der Waals surface area contributed by atoms with Gasteiger partial charge in [0.15, 0.2) is 0 Å². The van der Waals surface area contributed by atoms with Gasteiger partial charge in [-0.15, -0.1) is 0 Å². The summed E-state index contributed by atoms with van der Waals surface area (Å²) in [5.41, 5.74) is 2.62. The molecule has 1 heterocycles. The van der Waals surface area contributed by atoms with Gasteiger partial charge in [0.1, 0.15) is 5.75 Å². The van der Waals surface area contributed by atoms with Crippen LogP contribution in [0.5, 0.6) is 5.75 Å². The van der Waals surface area contributed by atoms with E-state index in [4.69, 9.17) is 4.74 Å². The molecule has 2 nitrogen and oxygen atoms in total. The van der Waals surface area contributed by atoms with E-state index < -0.39 is 0 Å².